The SMILES string of the molecule is CN(C)c1ccc(C(F)(F)F)cc1NC(=O)[C@H]1CSc2ccccc2O1. The molecule has 0 saturated heterocycles. The number of hydrogen-bond acceptors (Lipinski definition) is 4. The van der Waals surface area contributed by atoms with Crippen molar-refractivity contribution in [2.24, 2.45) is 0 Å². The lowest BCUT2D eigenvalue weighted by atomic mass is 10.1. The molecule has 1 aliphatic heterocycles. The highest BCUT2D eigenvalue weighted by atomic mass is 32.2. The van der Waals surface area contributed by atoms with Crippen molar-refractivity contribution in [2.75, 3.05) is 30.1 Å². The Bertz CT molecular complexity index is 824. The second-order valence-electron chi connectivity index (χ2n) is 5.98. The van der Waals surface area contributed by atoms with Crippen molar-refractivity contribution >= 4 is 29.0 Å². The van der Waals surface area contributed by atoms with Crippen molar-refractivity contribution in [3.63, 3.8) is 0 Å². The molecule has 4 nitrogen and oxygen atoms in total. The number of carbonyl (C=O) groups is 1. The summed E-state index contributed by atoms with van der Waals surface area (Å²) in [5.41, 5.74) is -0.236. The fraction of sp³-hybridized carbons (Fsp3) is 0.278. The number of para-hydroxylation sites is 1. The lowest BCUT2D eigenvalue weighted by molar-refractivity contribution is -0.137. The number of rotatable bonds is 3. The molecule has 0 bridgehead atoms. The molecule has 1 heterocycles. The Morgan fingerprint density at radius 2 is 1.96 bits per heavy atom. The maximum atomic E-state index is 13.0. The van der Waals surface area contributed by atoms with Gasteiger partial charge in [0.25, 0.3) is 5.91 Å². The Labute approximate surface area is 153 Å². The van der Waals surface area contributed by atoms with Crippen LogP contribution in [0.3, 0.4) is 0 Å². The molecular formula is C18H17F3N2O2S. The Hall–Kier alpha value is -2.35. The van der Waals surface area contributed by atoms with Gasteiger partial charge < -0.3 is 15.0 Å². The van der Waals surface area contributed by atoms with Crippen molar-refractivity contribution in [3.8, 4) is 5.75 Å². The van der Waals surface area contributed by atoms with Crippen LogP contribution >= 0.6 is 11.8 Å². The molecule has 0 unspecified atom stereocenters. The number of ether oxygens (including phenoxy) is 1. The van der Waals surface area contributed by atoms with Crippen LogP contribution in [0.1, 0.15) is 5.56 Å². The van der Waals surface area contributed by atoms with Crippen molar-refractivity contribution in [3.05, 3.63) is 48.0 Å². The first-order valence-electron chi connectivity index (χ1n) is 7.83. The van der Waals surface area contributed by atoms with Crippen LogP contribution in [0, 0.1) is 0 Å². The Morgan fingerprint density at radius 1 is 1.23 bits per heavy atom. The van der Waals surface area contributed by atoms with Gasteiger partial charge in [0.05, 0.1) is 16.9 Å². The lowest BCUT2D eigenvalue weighted by Gasteiger charge is -2.26. The Morgan fingerprint density at radius 3 is 2.65 bits per heavy atom. The predicted octanol–water partition coefficient (Wildman–Crippen LogP) is 4.26. The summed E-state index contributed by atoms with van der Waals surface area (Å²) in [6.45, 7) is 0. The van der Waals surface area contributed by atoms with E-state index in [1.807, 2.05) is 12.1 Å². The first kappa shape index (κ1) is 18.4. The van der Waals surface area contributed by atoms with Crippen LogP contribution < -0.4 is 15.0 Å². The van der Waals surface area contributed by atoms with Gasteiger partial charge in [-0.2, -0.15) is 13.2 Å². The van der Waals surface area contributed by atoms with E-state index in [1.54, 1.807) is 31.1 Å². The third-order valence-corrected chi connectivity index (χ3v) is 4.98. The van der Waals surface area contributed by atoms with Gasteiger partial charge in [-0.15, -0.1) is 11.8 Å². The van der Waals surface area contributed by atoms with Gasteiger partial charge in [-0.3, -0.25) is 4.79 Å². The number of thioether (sulfide) groups is 1. The third-order valence-electron chi connectivity index (χ3n) is 3.86. The number of fused-ring (bicyclic) bond motifs is 1. The molecule has 0 saturated carbocycles. The standard InChI is InChI=1S/C18H17F3N2O2S/c1-23(2)13-8-7-11(18(19,20)21)9-12(13)22-17(24)15-10-26-16-6-4-3-5-14(16)25-15/h3-9,15H,10H2,1-2H3,(H,22,24)/t15-/m1/s1. The van der Waals surface area contributed by atoms with Gasteiger partial charge in [0, 0.05) is 24.7 Å². The quantitative estimate of drug-likeness (QED) is 0.861. The van der Waals surface area contributed by atoms with Crippen LogP contribution in [0.25, 0.3) is 0 Å². The minimum absolute atomic E-state index is 0.0993. The van der Waals surface area contributed by atoms with Gasteiger partial charge in [0.15, 0.2) is 6.10 Å². The maximum absolute atomic E-state index is 13.0. The Balaban J connectivity index is 1.83. The number of nitrogens with one attached hydrogen (secondary N) is 1. The second kappa shape index (κ2) is 7.11. The fourth-order valence-corrected chi connectivity index (χ4v) is 3.55. The highest BCUT2D eigenvalue weighted by Gasteiger charge is 2.32. The summed E-state index contributed by atoms with van der Waals surface area (Å²) in [6, 6.07) is 10.6. The predicted molar refractivity (Wildman–Crippen MR) is 96.0 cm³/mol. The molecule has 138 valence electrons. The van der Waals surface area contributed by atoms with E-state index in [1.165, 1.54) is 17.8 Å². The van der Waals surface area contributed by atoms with Gasteiger partial charge in [-0.25, -0.2) is 0 Å². The summed E-state index contributed by atoms with van der Waals surface area (Å²) in [4.78, 5) is 15.1. The normalized spacial score (nSPS) is 16.4. The molecule has 1 aliphatic rings. The van der Waals surface area contributed by atoms with Gasteiger partial charge >= 0.3 is 6.18 Å². The molecule has 2 aromatic rings. The molecular weight excluding hydrogens is 365 g/mol. The van der Waals surface area contributed by atoms with E-state index < -0.39 is 23.8 Å². The van der Waals surface area contributed by atoms with Crippen LogP contribution in [0.15, 0.2) is 47.4 Å². The van der Waals surface area contributed by atoms with E-state index >= 15 is 0 Å². The lowest BCUT2D eigenvalue weighted by Crippen LogP contribution is -2.37. The average molecular weight is 382 g/mol. The van der Waals surface area contributed by atoms with E-state index in [0.717, 1.165) is 17.0 Å². The monoisotopic (exact) mass is 382 g/mol. The van der Waals surface area contributed by atoms with Gasteiger partial charge in [0.1, 0.15) is 5.75 Å². The molecule has 1 N–H and O–H groups in total. The Kier molecular flexibility index (Phi) is 5.04. The zero-order chi connectivity index (χ0) is 18.9. The van der Waals surface area contributed by atoms with E-state index in [4.69, 9.17) is 4.74 Å². The minimum atomic E-state index is -4.49. The highest BCUT2D eigenvalue weighted by molar-refractivity contribution is 7.99. The van der Waals surface area contributed by atoms with Gasteiger partial charge in [-0.05, 0) is 30.3 Å². The van der Waals surface area contributed by atoms with Gasteiger partial charge in [0.2, 0.25) is 0 Å². The third kappa shape index (κ3) is 3.90. The fourth-order valence-electron chi connectivity index (χ4n) is 2.56. The average Bonchev–Trinajstić information content (AvgIpc) is 2.60. The molecule has 0 fully saturated rings. The topological polar surface area (TPSA) is 41.6 Å². The summed E-state index contributed by atoms with van der Waals surface area (Å²) in [7, 11) is 3.39. The highest BCUT2D eigenvalue weighted by Crippen LogP contribution is 2.37. The molecule has 1 amide bonds. The molecule has 3 rings (SSSR count). The summed E-state index contributed by atoms with van der Waals surface area (Å²) in [5, 5.41) is 2.59. The number of nitrogens with zero attached hydrogens (tertiary/aromatic N) is 1. The first-order valence-corrected chi connectivity index (χ1v) is 8.82. The van der Waals surface area contributed by atoms with Crippen LogP contribution in [0.4, 0.5) is 24.5 Å². The molecule has 0 aliphatic carbocycles. The van der Waals surface area contributed by atoms with Crippen LogP contribution in [-0.2, 0) is 11.0 Å². The van der Waals surface area contributed by atoms with Gasteiger partial charge in [-0.1, -0.05) is 12.1 Å². The zero-order valence-corrected chi connectivity index (χ0v) is 14.9. The molecule has 2 aromatic carbocycles. The minimum Gasteiger partial charge on any atom is -0.479 e. The largest absolute Gasteiger partial charge is 0.479 e. The van der Waals surface area contributed by atoms with E-state index in [2.05, 4.69) is 5.32 Å². The van der Waals surface area contributed by atoms with Crippen molar-refractivity contribution in [1.29, 1.82) is 0 Å². The summed E-state index contributed by atoms with van der Waals surface area (Å²) >= 11 is 1.48. The van der Waals surface area contributed by atoms with E-state index in [-0.39, 0.29) is 5.69 Å². The molecule has 1 atom stereocenters. The van der Waals surface area contributed by atoms with E-state index in [0.29, 0.717) is 17.2 Å². The number of halogens is 3. The molecule has 0 spiro atoms. The molecule has 26 heavy (non-hydrogen) atoms. The number of hydrogen-bond donors (Lipinski definition) is 1. The summed E-state index contributed by atoms with van der Waals surface area (Å²) in [6.07, 6.45) is -5.26. The maximum Gasteiger partial charge on any atom is 0.416 e. The van der Waals surface area contributed by atoms with Crippen LogP contribution in [-0.4, -0.2) is 31.9 Å². The number of amides is 1. The molecule has 0 aromatic heterocycles. The second-order valence-corrected chi connectivity index (χ2v) is 7.04. The van der Waals surface area contributed by atoms with E-state index in [9.17, 15) is 18.0 Å². The smallest absolute Gasteiger partial charge is 0.416 e. The zero-order valence-electron chi connectivity index (χ0n) is 14.1. The van der Waals surface area contributed by atoms with Crippen molar-refractivity contribution in [1.82, 2.24) is 0 Å². The van der Waals surface area contributed by atoms with Crippen LogP contribution in [0.5, 0.6) is 5.75 Å². The summed E-state index contributed by atoms with van der Waals surface area (Å²) in [5.74, 6) is 0.509. The summed E-state index contributed by atoms with van der Waals surface area (Å²) < 4.78 is 44.7. The van der Waals surface area contributed by atoms with Crippen LogP contribution in [0.2, 0.25) is 0 Å². The molecule has 8 heteroatoms. The number of alkyl halides is 3. The number of carbonyl (C=O) groups excluding carboxylic acids is 1. The first-order chi connectivity index (χ1) is 12.3. The molecule has 0 radical (unpaired) electrons. The number of anilines is 2. The number of benzene rings is 2. The van der Waals surface area contributed by atoms with Crippen molar-refractivity contribution in [2.45, 2.75) is 17.2 Å². The van der Waals surface area contributed by atoms with Crippen molar-refractivity contribution < 1.29 is 22.7 Å².